The van der Waals surface area contributed by atoms with Crippen molar-refractivity contribution >= 4 is 29.9 Å². The van der Waals surface area contributed by atoms with Crippen LogP contribution < -0.4 is 10.6 Å². The minimum atomic E-state index is 0. The first kappa shape index (κ1) is 21.5. The van der Waals surface area contributed by atoms with Gasteiger partial charge in [-0.25, -0.2) is 0 Å². The highest BCUT2D eigenvalue weighted by molar-refractivity contribution is 14.0. The van der Waals surface area contributed by atoms with Crippen LogP contribution in [0.3, 0.4) is 0 Å². The quantitative estimate of drug-likeness (QED) is 0.379. The molecule has 2 aliphatic rings. The first-order valence-corrected chi connectivity index (χ1v) is 10.1. The fourth-order valence-corrected chi connectivity index (χ4v) is 4.09. The molecule has 1 heterocycles. The minimum absolute atomic E-state index is 0. The molecule has 2 N–H and O–H groups in total. The zero-order valence-electron chi connectivity index (χ0n) is 16.1. The summed E-state index contributed by atoms with van der Waals surface area (Å²) in [6.07, 6.45) is 9.13. The maximum Gasteiger partial charge on any atom is 0.191 e. The summed E-state index contributed by atoms with van der Waals surface area (Å²) in [7, 11) is 1.89. The lowest BCUT2D eigenvalue weighted by atomic mass is 9.96. The van der Waals surface area contributed by atoms with E-state index < -0.39 is 0 Å². The number of aliphatic imine (C=N–C) groups is 1. The Kier molecular flexibility index (Phi) is 9.75. The van der Waals surface area contributed by atoms with E-state index in [4.69, 9.17) is 0 Å². The summed E-state index contributed by atoms with van der Waals surface area (Å²) in [5, 5.41) is 7.18. The number of benzene rings is 1. The summed E-state index contributed by atoms with van der Waals surface area (Å²) in [5.74, 6) is 1.73. The molecule has 5 heteroatoms. The molecule has 4 nitrogen and oxygen atoms in total. The maximum atomic E-state index is 4.42. The molecule has 0 amide bonds. The third-order valence-electron chi connectivity index (χ3n) is 5.66. The molecule has 1 unspecified atom stereocenters. The molecular formula is C21H35IN4. The van der Waals surface area contributed by atoms with Gasteiger partial charge in [0, 0.05) is 32.7 Å². The minimum Gasteiger partial charge on any atom is -0.356 e. The molecule has 3 rings (SSSR count). The number of hydrogen-bond acceptors (Lipinski definition) is 2. The van der Waals surface area contributed by atoms with Gasteiger partial charge in [-0.3, -0.25) is 4.99 Å². The molecule has 146 valence electrons. The average Bonchev–Trinajstić information content (AvgIpc) is 3.13. The molecular weight excluding hydrogens is 435 g/mol. The molecule has 26 heavy (non-hydrogen) atoms. The van der Waals surface area contributed by atoms with E-state index in [0.29, 0.717) is 6.04 Å². The Hall–Kier alpha value is -0.820. The summed E-state index contributed by atoms with van der Waals surface area (Å²) >= 11 is 0. The van der Waals surface area contributed by atoms with E-state index in [-0.39, 0.29) is 24.0 Å². The van der Waals surface area contributed by atoms with E-state index in [1.165, 1.54) is 63.7 Å². The number of rotatable bonds is 6. The second-order valence-corrected chi connectivity index (χ2v) is 7.62. The Morgan fingerprint density at radius 2 is 1.88 bits per heavy atom. The monoisotopic (exact) mass is 470 g/mol. The Morgan fingerprint density at radius 1 is 1.12 bits per heavy atom. The van der Waals surface area contributed by atoms with Gasteiger partial charge in [0.2, 0.25) is 0 Å². The fraction of sp³-hybridized carbons (Fsp3) is 0.667. The predicted octanol–water partition coefficient (Wildman–Crippen LogP) is 3.67. The summed E-state index contributed by atoms with van der Waals surface area (Å²) in [6.45, 7) is 4.65. The van der Waals surface area contributed by atoms with Gasteiger partial charge in [0.05, 0.1) is 0 Å². The maximum absolute atomic E-state index is 4.42. The normalized spacial score (nSPS) is 22.0. The third kappa shape index (κ3) is 7.06. The van der Waals surface area contributed by atoms with Gasteiger partial charge >= 0.3 is 0 Å². The topological polar surface area (TPSA) is 39.7 Å². The highest BCUT2D eigenvalue weighted by Crippen LogP contribution is 2.18. The first-order valence-electron chi connectivity index (χ1n) is 10.1. The molecule has 1 aliphatic carbocycles. The van der Waals surface area contributed by atoms with Crippen molar-refractivity contribution < 1.29 is 0 Å². The van der Waals surface area contributed by atoms with Crippen LogP contribution in [0.25, 0.3) is 0 Å². The van der Waals surface area contributed by atoms with Gasteiger partial charge in [0.15, 0.2) is 5.96 Å². The lowest BCUT2D eigenvalue weighted by Gasteiger charge is -2.25. The van der Waals surface area contributed by atoms with Crippen molar-refractivity contribution in [1.82, 2.24) is 15.5 Å². The van der Waals surface area contributed by atoms with Gasteiger partial charge in [-0.05, 0) is 43.7 Å². The fourth-order valence-electron chi connectivity index (χ4n) is 4.09. The lowest BCUT2D eigenvalue weighted by Crippen LogP contribution is -2.45. The molecule has 1 aromatic carbocycles. The zero-order valence-corrected chi connectivity index (χ0v) is 18.5. The summed E-state index contributed by atoms with van der Waals surface area (Å²) in [4.78, 5) is 7.03. The van der Waals surface area contributed by atoms with Crippen LogP contribution in [0.5, 0.6) is 0 Å². The van der Waals surface area contributed by atoms with Crippen molar-refractivity contribution in [2.45, 2.75) is 51.0 Å². The number of hydrogen-bond donors (Lipinski definition) is 2. The van der Waals surface area contributed by atoms with E-state index in [0.717, 1.165) is 24.8 Å². The smallest absolute Gasteiger partial charge is 0.191 e. The second kappa shape index (κ2) is 11.8. The van der Waals surface area contributed by atoms with E-state index >= 15 is 0 Å². The summed E-state index contributed by atoms with van der Waals surface area (Å²) in [5.41, 5.74) is 1.45. The van der Waals surface area contributed by atoms with Crippen LogP contribution in [0.15, 0.2) is 35.3 Å². The number of guanidine groups is 1. The summed E-state index contributed by atoms with van der Waals surface area (Å²) < 4.78 is 0. The van der Waals surface area contributed by atoms with Crippen molar-refractivity contribution in [1.29, 1.82) is 0 Å². The average molecular weight is 470 g/mol. The van der Waals surface area contributed by atoms with Crippen LogP contribution >= 0.6 is 24.0 Å². The molecule has 0 spiro atoms. The van der Waals surface area contributed by atoms with Gasteiger partial charge in [0.25, 0.3) is 0 Å². The Balaban J connectivity index is 0.00000243. The van der Waals surface area contributed by atoms with Crippen LogP contribution in [0.4, 0.5) is 0 Å². The molecule has 1 aliphatic heterocycles. The molecule has 1 atom stereocenters. The molecule has 0 bridgehead atoms. The van der Waals surface area contributed by atoms with Crippen LogP contribution in [0, 0.1) is 5.92 Å². The van der Waals surface area contributed by atoms with E-state index in [1.54, 1.807) is 0 Å². The summed E-state index contributed by atoms with van der Waals surface area (Å²) in [6, 6.07) is 11.4. The molecule has 1 aromatic rings. The number of likely N-dealkylation sites (tertiary alicyclic amines) is 1. The van der Waals surface area contributed by atoms with Crippen LogP contribution in [-0.4, -0.2) is 50.1 Å². The van der Waals surface area contributed by atoms with E-state index in [1.807, 2.05) is 7.05 Å². The SMILES string of the molecule is CN=C(NCC1CCN(CCc2ccccc2)C1)NC1CCCCC1.I. The molecule has 1 saturated heterocycles. The van der Waals surface area contributed by atoms with Crippen molar-refractivity contribution in [2.75, 3.05) is 33.2 Å². The van der Waals surface area contributed by atoms with E-state index in [2.05, 4.69) is 50.9 Å². The van der Waals surface area contributed by atoms with Gasteiger partial charge in [0.1, 0.15) is 0 Å². The van der Waals surface area contributed by atoms with Crippen LogP contribution in [0.2, 0.25) is 0 Å². The molecule has 0 radical (unpaired) electrons. The van der Waals surface area contributed by atoms with Crippen LogP contribution in [0.1, 0.15) is 44.1 Å². The Morgan fingerprint density at radius 3 is 2.62 bits per heavy atom. The van der Waals surface area contributed by atoms with Crippen molar-refractivity contribution in [3.05, 3.63) is 35.9 Å². The Labute approximate surface area is 176 Å². The predicted molar refractivity (Wildman–Crippen MR) is 121 cm³/mol. The molecule has 1 saturated carbocycles. The van der Waals surface area contributed by atoms with Gasteiger partial charge in [-0.15, -0.1) is 24.0 Å². The van der Waals surface area contributed by atoms with E-state index in [9.17, 15) is 0 Å². The number of halogens is 1. The lowest BCUT2D eigenvalue weighted by molar-refractivity contribution is 0.328. The highest BCUT2D eigenvalue weighted by Gasteiger charge is 2.22. The van der Waals surface area contributed by atoms with Gasteiger partial charge in [-0.2, -0.15) is 0 Å². The number of nitrogens with one attached hydrogen (secondary N) is 2. The highest BCUT2D eigenvalue weighted by atomic mass is 127. The Bertz CT molecular complexity index is 528. The van der Waals surface area contributed by atoms with Crippen molar-refractivity contribution in [3.63, 3.8) is 0 Å². The standard InChI is InChI=1S/C21H34N4.HI/c1-22-21(24-20-10-6-3-7-11-20)23-16-19-13-15-25(17-19)14-12-18-8-4-2-5-9-18;/h2,4-5,8-9,19-20H,3,6-7,10-17H2,1H3,(H2,22,23,24);1H. The van der Waals surface area contributed by atoms with Gasteiger partial charge < -0.3 is 15.5 Å². The largest absolute Gasteiger partial charge is 0.356 e. The molecule has 2 fully saturated rings. The molecule has 0 aromatic heterocycles. The second-order valence-electron chi connectivity index (χ2n) is 7.62. The van der Waals surface area contributed by atoms with Crippen molar-refractivity contribution in [3.8, 4) is 0 Å². The first-order chi connectivity index (χ1) is 12.3. The van der Waals surface area contributed by atoms with Gasteiger partial charge in [-0.1, -0.05) is 49.6 Å². The zero-order chi connectivity index (χ0) is 17.3. The van der Waals surface area contributed by atoms with Crippen molar-refractivity contribution in [2.24, 2.45) is 10.9 Å². The number of nitrogens with zero attached hydrogens (tertiary/aromatic N) is 2. The van der Waals surface area contributed by atoms with Crippen LogP contribution in [-0.2, 0) is 6.42 Å². The third-order valence-corrected chi connectivity index (χ3v) is 5.66.